The zero-order valence-corrected chi connectivity index (χ0v) is 11.4. The normalized spacial score (nSPS) is 12.4. The quantitative estimate of drug-likeness (QED) is 0.774. The Morgan fingerprint density at radius 1 is 1.11 bits per heavy atom. The van der Waals surface area contributed by atoms with Gasteiger partial charge in [-0.05, 0) is 43.2 Å². The number of hydrogen-bond acceptors (Lipinski definition) is 2. The van der Waals surface area contributed by atoms with E-state index in [1.807, 2.05) is 0 Å². The van der Waals surface area contributed by atoms with Crippen molar-refractivity contribution in [3.63, 3.8) is 0 Å². The van der Waals surface area contributed by atoms with Gasteiger partial charge < -0.3 is 4.74 Å². The third kappa shape index (κ3) is 4.58. The van der Waals surface area contributed by atoms with E-state index in [0.717, 1.165) is 13.0 Å². The fourth-order valence-electron chi connectivity index (χ4n) is 1.56. The zero-order valence-electron chi connectivity index (χ0n) is 11.4. The number of halogens is 3. The summed E-state index contributed by atoms with van der Waals surface area (Å²) in [5.41, 5.74) is -1.56. The molecule has 0 radical (unpaired) electrons. The number of ether oxygens (including phenoxy) is 1. The van der Waals surface area contributed by atoms with Crippen LogP contribution in [0.15, 0.2) is 18.2 Å². The zero-order chi connectivity index (χ0) is 14.8. The summed E-state index contributed by atoms with van der Waals surface area (Å²) in [6.07, 6.45) is 0. The minimum Gasteiger partial charge on any atom is -0.461 e. The van der Waals surface area contributed by atoms with Gasteiger partial charge >= 0.3 is 5.97 Å². The van der Waals surface area contributed by atoms with Gasteiger partial charge in [0.2, 0.25) is 0 Å². The Labute approximate surface area is 110 Å². The Morgan fingerprint density at radius 2 is 1.63 bits per heavy atom. The Morgan fingerprint density at radius 3 is 2.05 bits per heavy atom. The van der Waals surface area contributed by atoms with Crippen LogP contribution < -0.4 is 0 Å². The van der Waals surface area contributed by atoms with E-state index in [9.17, 15) is 18.0 Å². The summed E-state index contributed by atoms with van der Waals surface area (Å²) in [6, 6.07) is 3.79. The molecule has 1 rings (SSSR count). The van der Waals surface area contributed by atoms with E-state index < -0.39 is 17.6 Å². The maximum atomic E-state index is 13.9. The van der Waals surface area contributed by atoms with E-state index in [2.05, 4.69) is 0 Å². The highest BCUT2D eigenvalue weighted by atomic mass is 19.3. The van der Waals surface area contributed by atoms with Crippen LogP contribution in [-0.4, -0.2) is 5.97 Å². The molecule has 0 amide bonds. The molecule has 0 heterocycles. The largest absolute Gasteiger partial charge is 0.461 e. The molecule has 0 aliphatic rings. The smallest absolute Gasteiger partial charge is 0.302 e. The summed E-state index contributed by atoms with van der Waals surface area (Å²) < 4.78 is 45.4. The second-order valence-electron chi connectivity index (χ2n) is 5.06. The molecule has 0 aromatic heterocycles. The van der Waals surface area contributed by atoms with E-state index >= 15 is 0 Å². The minimum atomic E-state index is -3.08. The van der Waals surface area contributed by atoms with Crippen molar-refractivity contribution in [3.05, 3.63) is 34.9 Å². The number of alkyl halides is 3. The average Bonchev–Trinajstić information content (AvgIpc) is 2.23. The SMILES string of the molecule is CC(=O)OCc1cc(C(C)(C)F)cc(C(C)(F)F)c1. The van der Waals surface area contributed by atoms with Crippen LogP contribution in [0.2, 0.25) is 0 Å². The third-order valence-corrected chi connectivity index (χ3v) is 2.63. The van der Waals surface area contributed by atoms with Gasteiger partial charge in [0.1, 0.15) is 12.3 Å². The predicted octanol–water partition coefficient (Wildman–Crippen LogP) is 4.07. The number of carbonyl (C=O) groups is 1. The van der Waals surface area contributed by atoms with Gasteiger partial charge in [-0.2, -0.15) is 0 Å². The Kier molecular flexibility index (Phi) is 4.28. The number of rotatable bonds is 4. The van der Waals surface area contributed by atoms with Crippen molar-refractivity contribution >= 4 is 5.97 Å². The van der Waals surface area contributed by atoms with Crippen LogP contribution >= 0.6 is 0 Å². The van der Waals surface area contributed by atoms with Gasteiger partial charge in [0, 0.05) is 19.4 Å². The van der Waals surface area contributed by atoms with Gasteiger partial charge in [-0.3, -0.25) is 4.79 Å². The average molecular weight is 274 g/mol. The molecule has 2 nitrogen and oxygen atoms in total. The maximum Gasteiger partial charge on any atom is 0.302 e. The molecule has 0 aliphatic carbocycles. The lowest BCUT2D eigenvalue weighted by molar-refractivity contribution is -0.142. The van der Waals surface area contributed by atoms with Crippen LogP contribution in [0.3, 0.4) is 0 Å². The highest BCUT2D eigenvalue weighted by molar-refractivity contribution is 5.65. The molecule has 1 aromatic carbocycles. The molecule has 0 spiro atoms. The minimum absolute atomic E-state index is 0.133. The fraction of sp³-hybridized carbons (Fsp3) is 0.500. The number of carbonyl (C=O) groups excluding carboxylic acids is 1. The van der Waals surface area contributed by atoms with E-state index in [1.165, 1.54) is 32.9 Å². The Balaban J connectivity index is 3.21. The van der Waals surface area contributed by atoms with Crippen molar-refractivity contribution in [1.29, 1.82) is 0 Å². The topological polar surface area (TPSA) is 26.3 Å². The predicted molar refractivity (Wildman–Crippen MR) is 65.6 cm³/mol. The van der Waals surface area contributed by atoms with Crippen molar-refractivity contribution < 1.29 is 22.7 Å². The molecule has 0 unspecified atom stereocenters. The molecule has 0 atom stereocenters. The van der Waals surface area contributed by atoms with Crippen molar-refractivity contribution in [1.82, 2.24) is 0 Å². The van der Waals surface area contributed by atoms with Gasteiger partial charge in [-0.1, -0.05) is 0 Å². The molecule has 0 saturated carbocycles. The summed E-state index contributed by atoms with van der Waals surface area (Å²) in [6.45, 7) is 4.39. The summed E-state index contributed by atoms with van der Waals surface area (Å²) >= 11 is 0. The standard InChI is InChI=1S/C14H17F3O2/c1-9(18)19-8-10-5-11(13(2,3)15)7-12(6-10)14(4,16)17/h5-7H,8H2,1-4H3. The fourth-order valence-corrected chi connectivity index (χ4v) is 1.56. The maximum absolute atomic E-state index is 13.9. The lowest BCUT2D eigenvalue weighted by Gasteiger charge is -2.20. The summed E-state index contributed by atoms with van der Waals surface area (Å²) in [4.78, 5) is 10.7. The molecule has 19 heavy (non-hydrogen) atoms. The monoisotopic (exact) mass is 274 g/mol. The number of esters is 1. The van der Waals surface area contributed by atoms with E-state index in [0.29, 0.717) is 5.56 Å². The number of benzene rings is 1. The van der Waals surface area contributed by atoms with Crippen LogP contribution in [0.25, 0.3) is 0 Å². The molecular formula is C14H17F3O2. The van der Waals surface area contributed by atoms with Crippen molar-refractivity contribution in [2.24, 2.45) is 0 Å². The van der Waals surface area contributed by atoms with Gasteiger partial charge in [0.15, 0.2) is 0 Å². The Hall–Kier alpha value is -1.52. The molecule has 0 saturated heterocycles. The van der Waals surface area contributed by atoms with Crippen molar-refractivity contribution in [2.75, 3.05) is 0 Å². The molecule has 0 fully saturated rings. The van der Waals surface area contributed by atoms with Gasteiger partial charge in [0.25, 0.3) is 5.92 Å². The first-order valence-electron chi connectivity index (χ1n) is 5.85. The van der Waals surface area contributed by atoms with Gasteiger partial charge in [-0.15, -0.1) is 0 Å². The van der Waals surface area contributed by atoms with E-state index in [4.69, 9.17) is 4.74 Å². The van der Waals surface area contributed by atoms with Gasteiger partial charge in [-0.25, -0.2) is 13.2 Å². The first-order valence-corrected chi connectivity index (χ1v) is 5.85. The summed E-state index contributed by atoms with van der Waals surface area (Å²) in [5.74, 6) is -3.60. The van der Waals surface area contributed by atoms with Crippen molar-refractivity contribution in [3.8, 4) is 0 Å². The third-order valence-electron chi connectivity index (χ3n) is 2.63. The first-order chi connectivity index (χ1) is 8.50. The molecule has 5 heteroatoms. The molecular weight excluding hydrogens is 257 g/mol. The van der Waals surface area contributed by atoms with Crippen LogP contribution in [-0.2, 0) is 27.7 Å². The van der Waals surface area contributed by atoms with E-state index in [1.54, 1.807) is 0 Å². The summed E-state index contributed by atoms with van der Waals surface area (Å²) in [5, 5.41) is 0. The lowest BCUT2D eigenvalue weighted by atomic mass is 9.94. The molecule has 1 aromatic rings. The second-order valence-corrected chi connectivity index (χ2v) is 5.06. The molecule has 106 valence electrons. The van der Waals surface area contributed by atoms with Crippen molar-refractivity contribution in [2.45, 2.75) is 45.9 Å². The van der Waals surface area contributed by atoms with Gasteiger partial charge in [0.05, 0.1) is 0 Å². The number of hydrogen-bond donors (Lipinski definition) is 0. The summed E-state index contributed by atoms with van der Waals surface area (Å²) in [7, 11) is 0. The van der Waals surface area contributed by atoms with Crippen LogP contribution in [0.1, 0.15) is 44.4 Å². The van der Waals surface area contributed by atoms with Crippen LogP contribution in [0.5, 0.6) is 0 Å². The van der Waals surface area contributed by atoms with Crippen LogP contribution in [0.4, 0.5) is 13.2 Å². The van der Waals surface area contributed by atoms with Crippen LogP contribution in [0, 0.1) is 0 Å². The highest BCUT2D eigenvalue weighted by Gasteiger charge is 2.28. The highest BCUT2D eigenvalue weighted by Crippen LogP contribution is 2.33. The first kappa shape index (κ1) is 15.5. The lowest BCUT2D eigenvalue weighted by Crippen LogP contribution is -2.15. The Bertz CT molecular complexity index is 438. The molecule has 0 bridgehead atoms. The second kappa shape index (κ2) is 5.23. The molecule has 0 aliphatic heterocycles. The van der Waals surface area contributed by atoms with E-state index in [-0.39, 0.29) is 17.7 Å². The molecule has 0 N–H and O–H groups in total.